The molecule has 1 nitrogen and oxygen atoms in total. The first-order valence-corrected chi connectivity index (χ1v) is 6.83. The van der Waals surface area contributed by atoms with Crippen LogP contribution in [0.5, 0.6) is 0 Å². The van der Waals surface area contributed by atoms with Crippen molar-refractivity contribution in [3.63, 3.8) is 0 Å². The summed E-state index contributed by atoms with van der Waals surface area (Å²) in [6.07, 6.45) is 0. The summed E-state index contributed by atoms with van der Waals surface area (Å²) in [7, 11) is 1.85. The zero-order chi connectivity index (χ0) is 14.7. The standard InChI is InChI=1S/C19H21N/c1-13(2)17-8-6-7-9-18(17)19(20-5)16-11-14(3)10-15(4)12-16/h6-12H,1H2,2-5H3/b20-19-. The largest absolute Gasteiger partial charge is 0.287 e. The fraction of sp³-hybridized carbons (Fsp3) is 0.211. The van der Waals surface area contributed by atoms with E-state index in [1.54, 1.807) is 0 Å². The zero-order valence-corrected chi connectivity index (χ0v) is 12.7. The smallest absolute Gasteiger partial charge is 0.0721 e. The summed E-state index contributed by atoms with van der Waals surface area (Å²) in [4.78, 5) is 4.53. The minimum absolute atomic E-state index is 1.02. The Morgan fingerprint density at radius 1 is 0.950 bits per heavy atom. The second-order valence-electron chi connectivity index (χ2n) is 5.27. The first kappa shape index (κ1) is 14.3. The zero-order valence-electron chi connectivity index (χ0n) is 12.7. The van der Waals surface area contributed by atoms with E-state index in [1.165, 1.54) is 16.7 Å². The van der Waals surface area contributed by atoms with Crippen LogP contribution >= 0.6 is 0 Å². The predicted octanol–water partition coefficient (Wildman–Crippen LogP) is 4.80. The topological polar surface area (TPSA) is 12.4 Å². The average Bonchev–Trinajstić information content (AvgIpc) is 2.39. The van der Waals surface area contributed by atoms with Crippen molar-refractivity contribution in [2.24, 2.45) is 4.99 Å². The molecule has 0 amide bonds. The van der Waals surface area contributed by atoms with Crippen LogP contribution in [0.15, 0.2) is 54.0 Å². The van der Waals surface area contributed by atoms with Gasteiger partial charge in [-0.25, -0.2) is 0 Å². The lowest BCUT2D eigenvalue weighted by Gasteiger charge is -2.13. The number of hydrogen-bond donors (Lipinski definition) is 0. The van der Waals surface area contributed by atoms with Gasteiger partial charge in [-0.2, -0.15) is 0 Å². The van der Waals surface area contributed by atoms with Crippen molar-refractivity contribution in [3.05, 3.63) is 76.9 Å². The maximum absolute atomic E-state index is 4.53. The lowest BCUT2D eigenvalue weighted by atomic mass is 9.93. The minimum atomic E-state index is 1.02. The summed E-state index contributed by atoms with van der Waals surface area (Å²) < 4.78 is 0. The second kappa shape index (κ2) is 5.87. The van der Waals surface area contributed by atoms with Crippen molar-refractivity contribution in [1.82, 2.24) is 0 Å². The van der Waals surface area contributed by atoms with Gasteiger partial charge >= 0.3 is 0 Å². The molecule has 0 atom stereocenters. The molecule has 102 valence electrons. The van der Waals surface area contributed by atoms with E-state index in [-0.39, 0.29) is 0 Å². The molecule has 0 aliphatic carbocycles. The van der Waals surface area contributed by atoms with E-state index in [0.29, 0.717) is 0 Å². The van der Waals surface area contributed by atoms with Crippen LogP contribution in [-0.4, -0.2) is 12.8 Å². The summed E-state index contributed by atoms with van der Waals surface area (Å²) in [5.41, 5.74) is 8.07. The Labute approximate surface area is 121 Å². The molecule has 0 N–H and O–H groups in total. The van der Waals surface area contributed by atoms with E-state index in [1.807, 2.05) is 20.0 Å². The van der Waals surface area contributed by atoms with E-state index in [2.05, 4.69) is 61.8 Å². The molecule has 0 heterocycles. The van der Waals surface area contributed by atoms with E-state index in [4.69, 9.17) is 0 Å². The molecule has 2 aromatic carbocycles. The first-order valence-electron chi connectivity index (χ1n) is 6.83. The number of aliphatic imine (C=N–C) groups is 1. The number of hydrogen-bond acceptors (Lipinski definition) is 1. The molecule has 2 aromatic rings. The van der Waals surface area contributed by atoms with Crippen molar-refractivity contribution < 1.29 is 0 Å². The Morgan fingerprint density at radius 3 is 2.00 bits per heavy atom. The normalized spacial score (nSPS) is 11.5. The third-order valence-corrected chi connectivity index (χ3v) is 3.36. The molecule has 0 aliphatic rings. The summed E-state index contributed by atoms with van der Waals surface area (Å²) >= 11 is 0. The molecule has 0 unspecified atom stereocenters. The third-order valence-electron chi connectivity index (χ3n) is 3.36. The lowest BCUT2D eigenvalue weighted by Crippen LogP contribution is -2.07. The number of aryl methyl sites for hydroxylation is 2. The highest BCUT2D eigenvalue weighted by Crippen LogP contribution is 2.22. The van der Waals surface area contributed by atoms with E-state index in [0.717, 1.165) is 22.4 Å². The van der Waals surface area contributed by atoms with Gasteiger partial charge in [-0.3, -0.25) is 4.99 Å². The summed E-state index contributed by atoms with van der Waals surface area (Å²) in [6, 6.07) is 14.9. The molecule has 0 radical (unpaired) electrons. The molecule has 1 heteroatoms. The highest BCUT2D eigenvalue weighted by molar-refractivity contribution is 6.15. The Bertz CT molecular complexity index is 658. The fourth-order valence-electron chi connectivity index (χ4n) is 2.58. The molecule has 0 bridgehead atoms. The van der Waals surface area contributed by atoms with Gasteiger partial charge in [0.05, 0.1) is 5.71 Å². The molecule has 20 heavy (non-hydrogen) atoms. The molecule has 0 saturated carbocycles. The molecule has 0 fully saturated rings. The van der Waals surface area contributed by atoms with E-state index < -0.39 is 0 Å². The van der Waals surface area contributed by atoms with Crippen LogP contribution in [0.25, 0.3) is 5.57 Å². The van der Waals surface area contributed by atoms with Gasteiger partial charge in [-0.1, -0.05) is 53.6 Å². The van der Waals surface area contributed by atoms with Gasteiger partial charge in [0.1, 0.15) is 0 Å². The van der Waals surface area contributed by atoms with Crippen LogP contribution in [0.2, 0.25) is 0 Å². The van der Waals surface area contributed by atoms with Gasteiger partial charge in [0.25, 0.3) is 0 Å². The van der Waals surface area contributed by atoms with Gasteiger partial charge in [-0.05, 0) is 38.5 Å². The maximum Gasteiger partial charge on any atom is 0.0721 e. The third kappa shape index (κ3) is 2.88. The Hall–Kier alpha value is -2.15. The summed E-state index contributed by atoms with van der Waals surface area (Å²) in [6.45, 7) is 10.4. The van der Waals surface area contributed by atoms with E-state index in [9.17, 15) is 0 Å². The highest BCUT2D eigenvalue weighted by atomic mass is 14.7. The number of benzene rings is 2. The van der Waals surface area contributed by atoms with Crippen LogP contribution in [0.4, 0.5) is 0 Å². The van der Waals surface area contributed by atoms with Gasteiger partial charge in [0.2, 0.25) is 0 Å². The van der Waals surface area contributed by atoms with Crippen molar-refractivity contribution in [1.29, 1.82) is 0 Å². The molecule has 0 spiro atoms. The number of nitrogens with zero attached hydrogens (tertiary/aromatic N) is 1. The van der Waals surface area contributed by atoms with Crippen molar-refractivity contribution in [3.8, 4) is 0 Å². The van der Waals surface area contributed by atoms with Crippen LogP contribution in [0, 0.1) is 13.8 Å². The van der Waals surface area contributed by atoms with Crippen LogP contribution in [0.1, 0.15) is 34.7 Å². The Morgan fingerprint density at radius 2 is 1.50 bits per heavy atom. The number of allylic oxidation sites excluding steroid dienone is 1. The molecular weight excluding hydrogens is 242 g/mol. The second-order valence-corrected chi connectivity index (χ2v) is 5.27. The number of rotatable bonds is 3. The monoisotopic (exact) mass is 263 g/mol. The first-order chi connectivity index (χ1) is 9.52. The van der Waals surface area contributed by atoms with Crippen molar-refractivity contribution in [2.45, 2.75) is 20.8 Å². The molecule has 0 aliphatic heterocycles. The van der Waals surface area contributed by atoms with Crippen molar-refractivity contribution in [2.75, 3.05) is 7.05 Å². The molecular formula is C19H21N. The van der Waals surface area contributed by atoms with Gasteiger partial charge < -0.3 is 0 Å². The van der Waals surface area contributed by atoms with Crippen LogP contribution in [0.3, 0.4) is 0 Å². The highest BCUT2D eigenvalue weighted by Gasteiger charge is 2.11. The average molecular weight is 263 g/mol. The van der Waals surface area contributed by atoms with E-state index >= 15 is 0 Å². The maximum atomic E-state index is 4.53. The quantitative estimate of drug-likeness (QED) is 0.705. The van der Waals surface area contributed by atoms with Crippen LogP contribution < -0.4 is 0 Å². The Kier molecular flexibility index (Phi) is 4.19. The lowest BCUT2D eigenvalue weighted by molar-refractivity contribution is 1.35. The SMILES string of the molecule is C=C(C)c1ccccc1/C(=N\C)c1cc(C)cc(C)c1. The summed E-state index contributed by atoms with van der Waals surface area (Å²) in [5.74, 6) is 0. The van der Waals surface area contributed by atoms with Crippen LogP contribution in [-0.2, 0) is 0 Å². The fourth-order valence-corrected chi connectivity index (χ4v) is 2.58. The molecule has 2 rings (SSSR count). The van der Waals surface area contributed by atoms with Crippen molar-refractivity contribution >= 4 is 11.3 Å². The van der Waals surface area contributed by atoms with Gasteiger partial charge in [-0.15, -0.1) is 0 Å². The Balaban J connectivity index is 2.62. The van der Waals surface area contributed by atoms with Gasteiger partial charge in [0.15, 0.2) is 0 Å². The minimum Gasteiger partial charge on any atom is -0.287 e. The van der Waals surface area contributed by atoms with Gasteiger partial charge in [0, 0.05) is 18.2 Å². The summed E-state index contributed by atoms with van der Waals surface area (Å²) in [5, 5.41) is 0. The predicted molar refractivity (Wildman–Crippen MR) is 88.6 cm³/mol. The molecule has 0 saturated heterocycles. The molecule has 0 aromatic heterocycles.